The number of carboxylic acid groups (broad SMARTS) is 2. The molecule has 19 heavy (non-hydrogen) atoms. The Kier molecular flexibility index (Phi) is 11.7. The lowest BCUT2D eigenvalue weighted by Gasteiger charge is -2.13. The molecule has 0 aromatic rings. The zero-order valence-corrected chi connectivity index (χ0v) is 12.0. The van der Waals surface area contributed by atoms with Gasteiger partial charge in [0, 0.05) is 12.3 Å². The van der Waals surface area contributed by atoms with Gasteiger partial charge >= 0.3 is 11.9 Å². The molecule has 0 spiro atoms. The standard InChI is InChI=1S/C13H24ClNO4/c14-9-5-3-1-2-4-6-10-15-11(13(18)19)7-8-12(16)17/h11,15H,1-10H2,(H,16,17)(H,18,19)/t11-/m0/s1. The Bertz CT molecular complexity index is 261. The quantitative estimate of drug-likeness (QED) is 0.359. The third-order valence-corrected chi connectivity index (χ3v) is 3.16. The molecule has 0 aliphatic rings. The molecule has 3 N–H and O–H groups in total. The van der Waals surface area contributed by atoms with Crippen LogP contribution in [0.15, 0.2) is 0 Å². The summed E-state index contributed by atoms with van der Waals surface area (Å²) in [6.07, 6.45) is 6.46. The highest BCUT2D eigenvalue weighted by Gasteiger charge is 2.17. The summed E-state index contributed by atoms with van der Waals surface area (Å²) in [6, 6.07) is -0.757. The second kappa shape index (κ2) is 12.2. The van der Waals surface area contributed by atoms with E-state index in [0.717, 1.165) is 38.5 Å². The zero-order chi connectivity index (χ0) is 14.5. The minimum atomic E-state index is -0.983. The first kappa shape index (κ1) is 18.2. The Balaban J connectivity index is 3.53. The SMILES string of the molecule is O=C(O)CC[C@H](NCCCCCCCCCl)C(=O)O. The Labute approximate surface area is 119 Å². The number of unbranched alkanes of at least 4 members (excludes halogenated alkanes) is 5. The van der Waals surface area contributed by atoms with E-state index in [1.54, 1.807) is 0 Å². The first-order chi connectivity index (χ1) is 9.07. The minimum absolute atomic E-state index is 0.123. The first-order valence-corrected chi connectivity index (χ1v) is 7.35. The summed E-state index contributed by atoms with van der Waals surface area (Å²) in [5.74, 6) is -1.23. The van der Waals surface area contributed by atoms with Crippen LogP contribution < -0.4 is 5.32 Å². The summed E-state index contributed by atoms with van der Waals surface area (Å²) in [4.78, 5) is 21.3. The summed E-state index contributed by atoms with van der Waals surface area (Å²) in [6.45, 7) is 0.617. The van der Waals surface area contributed by atoms with Crippen molar-refractivity contribution in [3.63, 3.8) is 0 Å². The number of hydrogen-bond donors (Lipinski definition) is 3. The van der Waals surface area contributed by atoms with Crippen molar-refractivity contribution < 1.29 is 19.8 Å². The molecular weight excluding hydrogens is 270 g/mol. The van der Waals surface area contributed by atoms with E-state index in [4.69, 9.17) is 21.8 Å². The highest BCUT2D eigenvalue weighted by Crippen LogP contribution is 2.06. The summed E-state index contributed by atoms with van der Waals surface area (Å²) >= 11 is 5.57. The molecule has 0 unspecified atom stereocenters. The average Bonchev–Trinajstić information content (AvgIpc) is 2.35. The molecule has 0 radical (unpaired) electrons. The van der Waals surface area contributed by atoms with E-state index in [0.29, 0.717) is 12.4 Å². The molecule has 1 atom stereocenters. The van der Waals surface area contributed by atoms with Crippen molar-refractivity contribution in [3.8, 4) is 0 Å². The Morgan fingerprint density at radius 3 is 2.11 bits per heavy atom. The number of halogens is 1. The number of nitrogens with one attached hydrogen (secondary N) is 1. The second-order valence-corrected chi connectivity index (χ2v) is 4.97. The van der Waals surface area contributed by atoms with Gasteiger partial charge in [0.15, 0.2) is 0 Å². The monoisotopic (exact) mass is 293 g/mol. The minimum Gasteiger partial charge on any atom is -0.481 e. The van der Waals surface area contributed by atoms with Gasteiger partial charge in [0.1, 0.15) is 6.04 Å². The summed E-state index contributed by atoms with van der Waals surface area (Å²) in [5.41, 5.74) is 0. The van der Waals surface area contributed by atoms with Crippen molar-refractivity contribution in [1.29, 1.82) is 0 Å². The molecule has 0 rings (SSSR count). The lowest BCUT2D eigenvalue weighted by molar-refractivity contribution is -0.140. The van der Waals surface area contributed by atoms with Gasteiger partial charge in [-0.2, -0.15) is 0 Å². The van der Waals surface area contributed by atoms with Crippen LogP contribution in [0.25, 0.3) is 0 Å². The third-order valence-electron chi connectivity index (χ3n) is 2.90. The number of carboxylic acids is 2. The number of alkyl halides is 1. The van der Waals surface area contributed by atoms with Crippen LogP contribution in [0.4, 0.5) is 0 Å². The fraction of sp³-hybridized carbons (Fsp3) is 0.846. The number of hydrogen-bond acceptors (Lipinski definition) is 3. The van der Waals surface area contributed by atoms with Crippen molar-refractivity contribution in [1.82, 2.24) is 5.32 Å². The molecule has 0 saturated carbocycles. The van der Waals surface area contributed by atoms with Gasteiger partial charge in [-0.15, -0.1) is 11.6 Å². The Morgan fingerprint density at radius 2 is 1.58 bits per heavy atom. The molecule has 0 fully saturated rings. The third kappa shape index (κ3) is 12.0. The molecule has 0 aromatic heterocycles. The van der Waals surface area contributed by atoms with Crippen LogP contribution >= 0.6 is 11.6 Å². The van der Waals surface area contributed by atoms with E-state index in [1.807, 2.05) is 0 Å². The van der Waals surface area contributed by atoms with Crippen molar-refractivity contribution in [2.75, 3.05) is 12.4 Å². The lowest BCUT2D eigenvalue weighted by atomic mass is 10.1. The van der Waals surface area contributed by atoms with Crippen LogP contribution in [0.3, 0.4) is 0 Å². The molecular formula is C13H24ClNO4. The molecule has 112 valence electrons. The molecule has 0 aromatic carbocycles. The van der Waals surface area contributed by atoms with Crippen molar-refractivity contribution in [3.05, 3.63) is 0 Å². The molecule has 0 heterocycles. The van der Waals surface area contributed by atoms with Gasteiger partial charge in [-0.1, -0.05) is 25.7 Å². The van der Waals surface area contributed by atoms with Crippen molar-refractivity contribution >= 4 is 23.5 Å². The molecule has 5 nitrogen and oxygen atoms in total. The van der Waals surface area contributed by atoms with Crippen LogP contribution in [0, 0.1) is 0 Å². The molecule has 6 heteroatoms. The van der Waals surface area contributed by atoms with E-state index in [1.165, 1.54) is 0 Å². The maximum atomic E-state index is 10.9. The van der Waals surface area contributed by atoms with E-state index in [9.17, 15) is 9.59 Å². The van der Waals surface area contributed by atoms with Crippen LogP contribution in [-0.2, 0) is 9.59 Å². The predicted molar refractivity (Wildman–Crippen MR) is 74.7 cm³/mol. The topological polar surface area (TPSA) is 86.6 Å². The molecule has 0 aliphatic carbocycles. The van der Waals surface area contributed by atoms with Gasteiger partial charge in [-0.3, -0.25) is 9.59 Å². The van der Waals surface area contributed by atoms with E-state index >= 15 is 0 Å². The highest BCUT2D eigenvalue weighted by molar-refractivity contribution is 6.17. The zero-order valence-electron chi connectivity index (χ0n) is 11.2. The summed E-state index contributed by atoms with van der Waals surface area (Å²) in [5, 5.41) is 20.3. The lowest BCUT2D eigenvalue weighted by Crippen LogP contribution is -2.37. The van der Waals surface area contributed by atoms with Crippen LogP contribution in [-0.4, -0.2) is 40.6 Å². The fourth-order valence-electron chi connectivity index (χ4n) is 1.78. The maximum Gasteiger partial charge on any atom is 0.320 e. The number of rotatable bonds is 13. The predicted octanol–water partition coefficient (Wildman–Crippen LogP) is 2.47. The molecule has 0 saturated heterocycles. The molecule has 0 aliphatic heterocycles. The van der Waals surface area contributed by atoms with Gasteiger partial charge in [0.05, 0.1) is 0 Å². The first-order valence-electron chi connectivity index (χ1n) is 6.82. The van der Waals surface area contributed by atoms with Gasteiger partial charge < -0.3 is 15.5 Å². The molecule has 0 amide bonds. The molecule has 0 bridgehead atoms. The van der Waals surface area contributed by atoms with E-state index in [-0.39, 0.29) is 12.8 Å². The number of aliphatic carboxylic acids is 2. The number of carbonyl (C=O) groups is 2. The Hall–Kier alpha value is -0.810. The maximum absolute atomic E-state index is 10.9. The van der Waals surface area contributed by atoms with Gasteiger partial charge in [0.2, 0.25) is 0 Å². The average molecular weight is 294 g/mol. The van der Waals surface area contributed by atoms with Gasteiger partial charge in [-0.05, 0) is 25.8 Å². The largest absolute Gasteiger partial charge is 0.481 e. The Morgan fingerprint density at radius 1 is 1.00 bits per heavy atom. The fourth-order valence-corrected chi connectivity index (χ4v) is 1.97. The van der Waals surface area contributed by atoms with E-state index in [2.05, 4.69) is 5.32 Å². The van der Waals surface area contributed by atoms with E-state index < -0.39 is 18.0 Å². The second-order valence-electron chi connectivity index (χ2n) is 4.59. The highest BCUT2D eigenvalue weighted by atomic mass is 35.5. The van der Waals surface area contributed by atoms with Crippen molar-refractivity contribution in [2.24, 2.45) is 0 Å². The van der Waals surface area contributed by atoms with Crippen LogP contribution in [0.2, 0.25) is 0 Å². The van der Waals surface area contributed by atoms with Crippen molar-refractivity contribution in [2.45, 2.75) is 57.4 Å². The summed E-state index contributed by atoms with van der Waals surface area (Å²) < 4.78 is 0. The summed E-state index contributed by atoms with van der Waals surface area (Å²) in [7, 11) is 0. The smallest absolute Gasteiger partial charge is 0.320 e. The van der Waals surface area contributed by atoms with Gasteiger partial charge in [-0.25, -0.2) is 0 Å². The van der Waals surface area contributed by atoms with Crippen LogP contribution in [0.5, 0.6) is 0 Å². The van der Waals surface area contributed by atoms with Gasteiger partial charge in [0.25, 0.3) is 0 Å². The normalized spacial score (nSPS) is 12.3. The van der Waals surface area contributed by atoms with Crippen LogP contribution in [0.1, 0.15) is 51.4 Å².